The molecule has 0 radical (unpaired) electrons. The van der Waals surface area contributed by atoms with Crippen molar-refractivity contribution in [3.63, 3.8) is 0 Å². The molecule has 2 aromatic carbocycles. The van der Waals surface area contributed by atoms with Crippen LogP contribution in [0.4, 0.5) is 4.39 Å². The zero-order chi connectivity index (χ0) is 27.7. The topological polar surface area (TPSA) is 112 Å². The Balaban J connectivity index is 1.49. The molecule has 1 aliphatic rings. The molecular weight excluding hydrogens is 523 g/mol. The average molecular weight is 553 g/mol. The number of nitrogens with zero attached hydrogens (tertiary/aromatic N) is 3. The van der Waals surface area contributed by atoms with E-state index in [0.29, 0.717) is 64.4 Å². The number of hydrogen-bond donors (Lipinski definition) is 1. The molecule has 1 N–H and O–H groups in total. The number of rotatable bonds is 8. The number of aromatic nitrogens is 3. The van der Waals surface area contributed by atoms with Crippen molar-refractivity contribution in [2.75, 3.05) is 32.3 Å². The molecule has 0 spiro atoms. The Hall–Kier alpha value is -3.99. The second-order valence-electron chi connectivity index (χ2n) is 9.54. The molecule has 1 atom stereocenters. The highest BCUT2D eigenvalue weighted by Crippen LogP contribution is 2.32. The van der Waals surface area contributed by atoms with E-state index >= 15 is 0 Å². The minimum Gasteiger partial charge on any atom is -0.493 e. The number of methoxy groups -OCH3 is 2. The summed E-state index contributed by atoms with van der Waals surface area (Å²) in [5.41, 5.74) is 3.44. The van der Waals surface area contributed by atoms with Gasteiger partial charge in [0.2, 0.25) is 0 Å². The van der Waals surface area contributed by atoms with Crippen LogP contribution in [-0.4, -0.2) is 61.4 Å². The molecule has 9 nitrogen and oxygen atoms in total. The summed E-state index contributed by atoms with van der Waals surface area (Å²) < 4.78 is 50.3. The Morgan fingerprint density at radius 2 is 1.85 bits per heavy atom. The van der Waals surface area contributed by atoms with Crippen LogP contribution in [-0.2, 0) is 16.3 Å². The van der Waals surface area contributed by atoms with Crippen molar-refractivity contribution in [1.29, 1.82) is 0 Å². The lowest BCUT2D eigenvalue weighted by Gasteiger charge is -2.13. The van der Waals surface area contributed by atoms with Crippen molar-refractivity contribution in [1.82, 2.24) is 20.1 Å². The zero-order valence-electron chi connectivity index (χ0n) is 21.9. The summed E-state index contributed by atoms with van der Waals surface area (Å²) in [4.78, 5) is 18.3. The molecule has 1 fully saturated rings. The van der Waals surface area contributed by atoms with Crippen LogP contribution in [0.15, 0.2) is 48.5 Å². The molecule has 0 bridgehead atoms. The van der Waals surface area contributed by atoms with E-state index in [-0.39, 0.29) is 29.3 Å². The van der Waals surface area contributed by atoms with Crippen molar-refractivity contribution in [2.24, 2.45) is 0 Å². The Labute approximate surface area is 225 Å². The molecule has 0 saturated carbocycles. The Kier molecular flexibility index (Phi) is 7.26. The van der Waals surface area contributed by atoms with Crippen LogP contribution in [0.3, 0.4) is 0 Å². The Morgan fingerprint density at radius 3 is 2.51 bits per heavy atom. The third-order valence-corrected chi connectivity index (χ3v) is 8.67. The standard InChI is InChI=1S/C28H29FN4O5S/c1-17-26-22(28(34)30-12-10-18-4-9-24(37-2)25(14-18)38-3)15-23(19-5-7-20(29)8-6-19)31-27(26)33(32-17)21-11-13-39(35,36)16-21/h4-9,14-15,21H,10-13,16H2,1-3H3,(H,30,34). The van der Waals surface area contributed by atoms with Crippen molar-refractivity contribution < 1.29 is 27.1 Å². The summed E-state index contributed by atoms with van der Waals surface area (Å²) in [6.45, 7) is 2.14. The number of pyridine rings is 1. The first kappa shape index (κ1) is 26.6. The lowest BCUT2D eigenvalue weighted by molar-refractivity contribution is 0.0955. The fourth-order valence-corrected chi connectivity index (χ4v) is 6.63. The fraction of sp³-hybridized carbons (Fsp3) is 0.321. The number of hydrogen-bond acceptors (Lipinski definition) is 7. The van der Waals surface area contributed by atoms with Gasteiger partial charge in [0, 0.05) is 12.1 Å². The zero-order valence-corrected chi connectivity index (χ0v) is 22.7. The lowest BCUT2D eigenvalue weighted by atomic mass is 10.0. The summed E-state index contributed by atoms with van der Waals surface area (Å²) >= 11 is 0. The number of nitrogens with one attached hydrogen (secondary N) is 1. The summed E-state index contributed by atoms with van der Waals surface area (Å²) in [6, 6.07) is 12.7. The molecule has 1 amide bonds. The van der Waals surface area contributed by atoms with Crippen molar-refractivity contribution >= 4 is 26.8 Å². The molecule has 2 aromatic heterocycles. The second-order valence-corrected chi connectivity index (χ2v) is 11.8. The van der Waals surface area contributed by atoms with E-state index in [1.807, 2.05) is 18.2 Å². The maximum Gasteiger partial charge on any atom is 0.252 e. The predicted octanol–water partition coefficient (Wildman–Crippen LogP) is 3.90. The highest BCUT2D eigenvalue weighted by Gasteiger charge is 2.32. The van der Waals surface area contributed by atoms with E-state index in [2.05, 4.69) is 10.4 Å². The summed E-state index contributed by atoms with van der Waals surface area (Å²) in [5, 5.41) is 8.16. The minimum atomic E-state index is -3.17. The van der Waals surface area contributed by atoms with Gasteiger partial charge in [-0.3, -0.25) is 4.79 Å². The predicted molar refractivity (Wildman–Crippen MR) is 146 cm³/mol. The number of amides is 1. The first-order chi connectivity index (χ1) is 18.7. The normalized spacial score (nSPS) is 16.4. The Morgan fingerprint density at radius 1 is 1.10 bits per heavy atom. The molecule has 0 aliphatic carbocycles. The van der Waals surface area contributed by atoms with Gasteiger partial charge in [-0.1, -0.05) is 6.07 Å². The smallest absolute Gasteiger partial charge is 0.252 e. The quantitative estimate of drug-likeness (QED) is 0.353. The minimum absolute atomic E-state index is 0.0292. The SMILES string of the molecule is COc1ccc(CCNC(=O)c2cc(-c3ccc(F)cc3)nc3c2c(C)nn3C2CCS(=O)(=O)C2)cc1OC. The molecule has 5 rings (SSSR count). The number of carbonyl (C=O) groups excluding carboxylic acids is 1. The maximum atomic E-state index is 13.6. The largest absolute Gasteiger partial charge is 0.493 e. The van der Waals surface area contributed by atoms with Crippen LogP contribution in [0.5, 0.6) is 11.5 Å². The maximum absolute atomic E-state index is 13.6. The number of aryl methyl sites for hydroxylation is 1. The first-order valence-corrected chi connectivity index (χ1v) is 14.4. The summed E-state index contributed by atoms with van der Waals surface area (Å²) in [6.07, 6.45) is 0.983. The molecule has 1 unspecified atom stereocenters. The highest BCUT2D eigenvalue weighted by atomic mass is 32.2. The third-order valence-electron chi connectivity index (χ3n) is 6.92. The van der Waals surface area contributed by atoms with Gasteiger partial charge in [-0.15, -0.1) is 0 Å². The molecule has 39 heavy (non-hydrogen) atoms. The van der Waals surface area contributed by atoms with Crippen LogP contribution in [0, 0.1) is 12.7 Å². The molecular formula is C28H29FN4O5S. The number of ether oxygens (including phenoxy) is 2. The van der Waals surface area contributed by atoms with Gasteiger partial charge in [0.15, 0.2) is 27.0 Å². The first-order valence-electron chi connectivity index (χ1n) is 12.5. The molecule has 3 heterocycles. The fourth-order valence-electron chi connectivity index (χ4n) is 4.94. The van der Waals surface area contributed by atoms with E-state index in [1.54, 1.807) is 44.0 Å². The number of fused-ring (bicyclic) bond motifs is 1. The molecule has 204 valence electrons. The van der Waals surface area contributed by atoms with Crippen molar-refractivity contribution in [3.05, 3.63) is 71.2 Å². The van der Waals surface area contributed by atoms with Crippen LogP contribution in [0.2, 0.25) is 0 Å². The molecule has 11 heteroatoms. The van der Waals surface area contributed by atoms with Crippen LogP contribution in [0.25, 0.3) is 22.3 Å². The van der Waals surface area contributed by atoms with Crippen LogP contribution >= 0.6 is 0 Å². The third kappa shape index (κ3) is 5.44. The van der Waals surface area contributed by atoms with Crippen molar-refractivity contribution in [3.8, 4) is 22.8 Å². The lowest BCUT2D eigenvalue weighted by Crippen LogP contribution is -2.26. The van der Waals surface area contributed by atoms with Gasteiger partial charge in [0.25, 0.3) is 5.91 Å². The average Bonchev–Trinajstić information content (AvgIpc) is 3.46. The van der Waals surface area contributed by atoms with Gasteiger partial charge in [-0.25, -0.2) is 22.5 Å². The van der Waals surface area contributed by atoms with E-state index in [9.17, 15) is 17.6 Å². The molecule has 1 aliphatic heterocycles. The van der Waals surface area contributed by atoms with Gasteiger partial charge in [-0.05, 0) is 67.8 Å². The number of halogens is 1. The van der Waals surface area contributed by atoms with Gasteiger partial charge in [-0.2, -0.15) is 5.10 Å². The van der Waals surface area contributed by atoms with E-state index in [4.69, 9.17) is 14.5 Å². The number of sulfone groups is 1. The van der Waals surface area contributed by atoms with Gasteiger partial charge in [0.05, 0.1) is 54.1 Å². The summed E-state index contributed by atoms with van der Waals surface area (Å²) in [7, 11) is -0.0285. The molecule has 1 saturated heterocycles. The van der Waals surface area contributed by atoms with Crippen molar-refractivity contribution in [2.45, 2.75) is 25.8 Å². The van der Waals surface area contributed by atoms with Crippen LogP contribution < -0.4 is 14.8 Å². The molecule has 4 aromatic rings. The Bertz CT molecular complexity index is 1650. The van der Waals surface area contributed by atoms with Crippen LogP contribution in [0.1, 0.15) is 34.1 Å². The second kappa shape index (κ2) is 10.6. The van der Waals surface area contributed by atoms with Gasteiger partial charge in [0.1, 0.15) is 5.82 Å². The van der Waals surface area contributed by atoms with Gasteiger partial charge < -0.3 is 14.8 Å². The summed E-state index contributed by atoms with van der Waals surface area (Å²) in [5.74, 6) is 0.592. The van der Waals surface area contributed by atoms with E-state index < -0.39 is 9.84 Å². The van der Waals surface area contributed by atoms with Gasteiger partial charge >= 0.3 is 0 Å². The monoisotopic (exact) mass is 552 g/mol. The highest BCUT2D eigenvalue weighted by molar-refractivity contribution is 7.91. The number of carbonyl (C=O) groups is 1. The van der Waals surface area contributed by atoms with E-state index in [1.165, 1.54) is 12.1 Å². The van der Waals surface area contributed by atoms with E-state index in [0.717, 1.165) is 5.56 Å². The number of benzene rings is 2.